The second-order valence-electron chi connectivity index (χ2n) is 8.64. The number of methoxy groups -OCH3 is 1. The summed E-state index contributed by atoms with van der Waals surface area (Å²) in [5.41, 5.74) is 4.85. The SMILES string of the molecule is COc1cccc(C2/C(=C(/O)c3ccc4c(c3)CCO4)C(=O)C(=O)N2c2ccc(C)c(C)c2)c1. The van der Waals surface area contributed by atoms with Gasteiger partial charge in [0.25, 0.3) is 11.7 Å². The van der Waals surface area contributed by atoms with Crippen molar-refractivity contribution < 1.29 is 24.2 Å². The number of ketones is 1. The molecular weight excluding hydrogens is 430 g/mol. The Bertz CT molecular complexity index is 1360. The Morgan fingerprint density at radius 2 is 1.85 bits per heavy atom. The first-order valence-corrected chi connectivity index (χ1v) is 11.2. The van der Waals surface area contributed by atoms with Crippen LogP contribution in [0.25, 0.3) is 5.76 Å². The summed E-state index contributed by atoms with van der Waals surface area (Å²) in [4.78, 5) is 28.2. The van der Waals surface area contributed by atoms with Crippen molar-refractivity contribution in [3.05, 3.63) is 94.1 Å². The molecule has 6 nitrogen and oxygen atoms in total. The number of fused-ring (bicyclic) bond motifs is 1. The van der Waals surface area contributed by atoms with Gasteiger partial charge in [0, 0.05) is 17.7 Å². The van der Waals surface area contributed by atoms with Gasteiger partial charge in [-0.05, 0) is 78.6 Å². The maximum absolute atomic E-state index is 13.4. The number of carbonyl (C=O) groups is 2. The molecule has 1 N–H and O–H groups in total. The molecule has 34 heavy (non-hydrogen) atoms. The number of aryl methyl sites for hydroxylation is 2. The first kappa shape index (κ1) is 21.8. The Balaban J connectivity index is 1.72. The van der Waals surface area contributed by atoms with E-state index in [2.05, 4.69) is 0 Å². The number of nitrogens with zero attached hydrogens (tertiary/aromatic N) is 1. The van der Waals surface area contributed by atoms with Gasteiger partial charge >= 0.3 is 0 Å². The Morgan fingerprint density at radius 1 is 1.03 bits per heavy atom. The number of hydrogen-bond donors (Lipinski definition) is 1. The zero-order valence-corrected chi connectivity index (χ0v) is 19.3. The van der Waals surface area contributed by atoms with Crippen molar-refractivity contribution in [1.29, 1.82) is 0 Å². The normalized spacial score (nSPS) is 18.7. The number of carbonyl (C=O) groups excluding carboxylic acids is 2. The van der Waals surface area contributed by atoms with Gasteiger partial charge in [0.15, 0.2) is 0 Å². The van der Waals surface area contributed by atoms with Gasteiger partial charge in [-0.25, -0.2) is 0 Å². The molecule has 1 unspecified atom stereocenters. The molecule has 0 radical (unpaired) electrons. The molecule has 2 aliphatic rings. The van der Waals surface area contributed by atoms with Crippen molar-refractivity contribution in [3.8, 4) is 11.5 Å². The number of aliphatic hydroxyl groups excluding tert-OH is 1. The molecule has 172 valence electrons. The average molecular weight is 456 g/mol. The second kappa shape index (κ2) is 8.37. The van der Waals surface area contributed by atoms with Gasteiger partial charge in [-0.15, -0.1) is 0 Å². The van der Waals surface area contributed by atoms with Crippen LogP contribution in [0.2, 0.25) is 0 Å². The highest BCUT2D eigenvalue weighted by Gasteiger charge is 2.47. The van der Waals surface area contributed by atoms with E-state index in [4.69, 9.17) is 9.47 Å². The van der Waals surface area contributed by atoms with E-state index in [-0.39, 0.29) is 11.3 Å². The molecule has 5 rings (SSSR count). The van der Waals surface area contributed by atoms with Crippen LogP contribution < -0.4 is 14.4 Å². The van der Waals surface area contributed by atoms with Gasteiger partial charge < -0.3 is 14.6 Å². The number of aliphatic hydroxyl groups is 1. The van der Waals surface area contributed by atoms with Gasteiger partial charge in [-0.1, -0.05) is 18.2 Å². The quantitative estimate of drug-likeness (QED) is 0.345. The molecule has 0 saturated carbocycles. The lowest BCUT2D eigenvalue weighted by molar-refractivity contribution is -0.132. The lowest BCUT2D eigenvalue weighted by Crippen LogP contribution is -2.29. The minimum atomic E-state index is -0.804. The number of Topliss-reactive ketones (excluding diaryl/α,β-unsaturated/α-hetero) is 1. The van der Waals surface area contributed by atoms with E-state index < -0.39 is 17.7 Å². The molecule has 0 bridgehead atoms. The number of benzene rings is 3. The molecule has 1 saturated heterocycles. The summed E-state index contributed by atoms with van der Waals surface area (Å²) in [6.07, 6.45) is 0.729. The molecule has 0 aromatic heterocycles. The molecule has 1 amide bonds. The summed E-state index contributed by atoms with van der Waals surface area (Å²) in [6, 6.07) is 17.4. The van der Waals surface area contributed by atoms with Crippen molar-refractivity contribution in [1.82, 2.24) is 0 Å². The van der Waals surface area contributed by atoms with Crippen LogP contribution in [0.15, 0.2) is 66.2 Å². The minimum Gasteiger partial charge on any atom is -0.507 e. The van der Waals surface area contributed by atoms with E-state index in [9.17, 15) is 14.7 Å². The Morgan fingerprint density at radius 3 is 2.62 bits per heavy atom. The number of hydrogen-bond acceptors (Lipinski definition) is 5. The molecule has 3 aromatic carbocycles. The predicted octanol–water partition coefficient (Wildman–Crippen LogP) is 4.87. The fraction of sp³-hybridized carbons (Fsp3) is 0.214. The number of amides is 1. The molecule has 2 aliphatic heterocycles. The third-order valence-electron chi connectivity index (χ3n) is 6.59. The van der Waals surface area contributed by atoms with Crippen LogP contribution in [-0.2, 0) is 16.0 Å². The summed E-state index contributed by atoms with van der Waals surface area (Å²) in [6.45, 7) is 4.54. The van der Waals surface area contributed by atoms with Crippen LogP contribution in [-0.4, -0.2) is 30.5 Å². The fourth-order valence-electron chi connectivity index (χ4n) is 4.59. The highest BCUT2D eigenvalue weighted by molar-refractivity contribution is 6.51. The summed E-state index contributed by atoms with van der Waals surface area (Å²) in [5, 5.41) is 11.4. The van der Waals surface area contributed by atoms with Gasteiger partial charge in [0.05, 0.1) is 25.3 Å². The Labute approximate surface area is 198 Å². The smallest absolute Gasteiger partial charge is 0.300 e. The summed E-state index contributed by atoms with van der Waals surface area (Å²) in [7, 11) is 1.56. The molecule has 0 aliphatic carbocycles. The average Bonchev–Trinajstić information content (AvgIpc) is 3.42. The molecular formula is C28H25NO5. The first-order chi connectivity index (χ1) is 16.4. The molecule has 2 heterocycles. The van der Waals surface area contributed by atoms with E-state index >= 15 is 0 Å². The van der Waals surface area contributed by atoms with Crippen molar-refractivity contribution >= 4 is 23.1 Å². The summed E-state index contributed by atoms with van der Waals surface area (Å²) < 4.78 is 11.0. The van der Waals surface area contributed by atoms with Crippen LogP contribution in [0.4, 0.5) is 5.69 Å². The highest BCUT2D eigenvalue weighted by Crippen LogP contribution is 2.43. The number of rotatable bonds is 4. The zero-order valence-electron chi connectivity index (χ0n) is 19.3. The number of ether oxygens (including phenoxy) is 2. The van der Waals surface area contributed by atoms with Crippen molar-refractivity contribution in [2.75, 3.05) is 18.6 Å². The minimum absolute atomic E-state index is 0.0512. The van der Waals surface area contributed by atoms with Gasteiger partial charge in [0.1, 0.15) is 17.3 Å². The molecule has 1 atom stereocenters. The van der Waals surface area contributed by atoms with E-state index in [0.717, 1.165) is 28.9 Å². The Hall–Kier alpha value is -4.06. The van der Waals surface area contributed by atoms with Crippen molar-refractivity contribution in [2.45, 2.75) is 26.3 Å². The lowest BCUT2D eigenvalue weighted by Gasteiger charge is -2.26. The van der Waals surface area contributed by atoms with E-state index in [1.54, 1.807) is 37.4 Å². The second-order valence-corrected chi connectivity index (χ2v) is 8.64. The summed E-state index contributed by atoms with van der Waals surface area (Å²) >= 11 is 0. The largest absolute Gasteiger partial charge is 0.507 e. The van der Waals surface area contributed by atoms with Crippen LogP contribution in [0.3, 0.4) is 0 Å². The van der Waals surface area contributed by atoms with E-state index in [0.29, 0.717) is 29.2 Å². The molecule has 6 heteroatoms. The van der Waals surface area contributed by atoms with Crippen LogP contribution in [0.5, 0.6) is 11.5 Å². The van der Waals surface area contributed by atoms with Crippen LogP contribution >= 0.6 is 0 Å². The number of anilines is 1. The van der Waals surface area contributed by atoms with Crippen molar-refractivity contribution in [2.24, 2.45) is 0 Å². The maximum atomic E-state index is 13.4. The van der Waals surface area contributed by atoms with Gasteiger partial charge in [-0.2, -0.15) is 0 Å². The predicted molar refractivity (Wildman–Crippen MR) is 129 cm³/mol. The third kappa shape index (κ3) is 3.52. The molecule has 0 spiro atoms. The lowest BCUT2D eigenvalue weighted by atomic mass is 9.94. The standard InChI is InChI=1S/C28H25NO5/c1-16-7-9-21(13-17(16)2)29-25(19-5-4-6-22(15-19)33-3)24(27(31)28(29)32)26(30)20-8-10-23-18(14-20)11-12-34-23/h4-10,13-15,25,30H,11-12H2,1-3H3/b26-24-. The maximum Gasteiger partial charge on any atom is 0.300 e. The zero-order chi connectivity index (χ0) is 24.0. The highest BCUT2D eigenvalue weighted by atomic mass is 16.5. The third-order valence-corrected chi connectivity index (χ3v) is 6.59. The van der Waals surface area contributed by atoms with Gasteiger partial charge in [0.2, 0.25) is 0 Å². The van der Waals surface area contributed by atoms with Crippen molar-refractivity contribution in [3.63, 3.8) is 0 Å². The van der Waals surface area contributed by atoms with E-state index in [1.807, 2.05) is 44.2 Å². The Kier molecular flexibility index (Phi) is 5.36. The van der Waals surface area contributed by atoms with E-state index in [1.165, 1.54) is 4.90 Å². The fourth-order valence-corrected chi connectivity index (χ4v) is 4.59. The molecule has 3 aromatic rings. The monoisotopic (exact) mass is 455 g/mol. The van der Waals surface area contributed by atoms with Crippen LogP contribution in [0, 0.1) is 13.8 Å². The first-order valence-electron chi connectivity index (χ1n) is 11.2. The van der Waals surface area contributed by atoms with Crippen LogP contribution in [0.1, 0.15) is 33.9 Å². The summed E-state index contributed by atoms with van der Waals surface area (Å²) in [5.74, 6) is -0.232. The van der Waals surface area contributed by atoms with Gasteiger partial charge in [-0.3, -0.25) is 14.5 Å². The molecule has 1 fully saturated rings. The topological polar surface area (TPSA) is 76.1 Å².